The van der Waals surface area contributed by atoms with Crippen LogP contribution >= 0.6 is 0 Å². The highest BCUT2D eigenvalue weighted by Gasteiger charge is 2.35. The summed E-state index contributed by atoms with van der Waals surface area (Å²) < 4.78 is 0. The average molecular weight is 255 g/mol. The summed E-state index contributed by atoms with van der Waals surface area (Å²) in [4.78, 5) is 14.5. The maximum Gasteiger partial charge on any atom is 0.237 e. The minimum atomic E-state index is -0.123. The van der Waals surface area contributed by atoms with Crippen molar-refractivity contribution < 1.29 is 4.79 Å². The van der Waals surface area contributed by atoms with Crippen LogP contribution in [0.1, 0.15) is 47.5 Å². The van der Waals surface area contributed by atoms with Crippen molar-refractivity contribution in [2.45, 2.75) is 65.1 Å². The zero-order valence-electron chi connectivity index (χ0n) is 12.5. The van der Waals surface area contributed by atoms with Crippen LogP contribution < -0.4 is 11.1 Å². The summed E-state index contributed by atoms with van der Waals surface area (Å²) in [5, 5.41) is 3.12. The predicted octanol–water partition coefficient (Wildman–Crippen LogP) is 1.35. The molecule has 3 atom stereocenters. The van der Waals surface area contributed by atoms with E-state index in [1.165, 1.54) is 0 Å². The lowest BCUT2D eigenvalue weighted by atomic mass is 10.0. The number of amides is 1. The number of hydrogen-bond donors (Lipinski definition) is 2. The molecule has 4 heteroatoms. The number of rotatable bonds is 5. The van der Waals surface area contributed by atoms with Crippen LogP contribution in [-0.2, 0) is 4.79 Å². The van der Waals surface area contributed by atoms with E-state index < -0.39 is 0 Å². The van der Waals surface area contributed by atoms with Gasteiger partial charge in [-0.25, -0.2) is 0 Å². The molecule has 0 aromatic carbocycles. The molecular formula is C14H29N3O. The van der Waals surface area contributed by atoms with Crippen LogP contribution in [0.15, 0.2) is 0 Å². The summed E-state index contributed by atoms with van der Waals surface area (Å²) in [6.07, 6.45) is 2.04. The van der Waals surface area contributed by atoms with Crippen molar-refractivity contribution in [3.63, 3.8) is 0 Å². The van der Waals surface area contributed by atoms with Gasteiger partial charge in [0.15, 0.2) is 0 Å². The van der Waals surface area contributed by atoms with Gasteiger partial charge in [0.05, 0.1) is 6.04 Å². The first kappa shape index (κ1) is 15.4. The number of nitrogens with two attached hydrogens (primary N) is 1. The summed E-state index contributed by atoms with van der Waals surface area (Å²) in [5.74, 6) is 0.667. The predicted molar refractivity (Wildman–Crippen MR) is 75.3 cm³/mol. The molecule has 1 aliphatic rings. The van der Waals surface area contributed by atoms with Gasteiger partial charge >= 0.3 is 0 Å². The van der Waals surface area contributed by atoms with Crippen LogP contribution in [0.3, 0.4) is 0 Å². The fourth-order valence-corrected chi connectivity index (χ4v) is 2.56. The molecule has 0 aromatic rings. The Balaban J connectivity index is 2.59. The summed E-state index contributed by atoms with van der Waals surface area (Å²) in [6.45, 7) is 12.1. The van der Waals surface area contributed by atoms with Crippen molar-refractivity contribution in [3.8, 4) is 0 Å². The van der Waals surface area contributed by atoms with Gasteiger partial charge in [0.25, 0.3) is 0 Å². The molecule has 0 bridgehead atoms. The van der Waals surface area contributed by atoms with Crippen LogP contribution in [0.25, 0.3) is 0 Å². The number of likely N-dealkylation sites (tertiary alicyclic amines) is 1. The summed E-state index contributed by atoms with van der Waals surface area (Å²) in [6, 6.07) is 0.381. The molecule has 1 fully saturated rings. The Morgan fingerprint density at radius 1 is 1.56 bits per heavy atom. The highest BCUT2D eigenvalue weighted by Crippen LogP contribution is 2.24. The number of hydrogen-bond acceptors (Lipinski definition) is 3. The highest BCUT2D eigenvalue weighted by atomic mass is 16.2. The summed E-state index contributed by atoms with van der Waals surface area (Å²) >= 11 is 0. The molecule has 1 amide bonds. The number of carbonyl (C=O) groups excluding carboxylic acids is 1. The van der Waals surface area contributed by atoms with Crippen molar-refractivity contribution in [1.29, 1.82) is 0 Å². The van der Waals surface area contributed by atoms with Crippen molar-refractivity contribution in [3.05, 3.63) is 0 Å². The molecule has 1 heterocycles. The molecule has 1 rings (SSSR count). The molecule has 0 aliphatic carbocycles. The average Bonchev–Trinajstić information content (AvgIpc) is 2.69. The Bertz CT molecular complexity index is 291. The fraction of sp³-hybridized carbons (Fsp3) is 0.929. The van der Waals surface area contributed by atoms with E-state index in [1.54, 1.807) is 0 Å². The Labute approximate surface area is 111 Å². The Hall–Kier alpha value is -0.610. The standard InChI is InChI=1S/C14H29N3O/c1-6-14(4,5)16-13(18)11(3)17-9-12(8-15)7-10(17)2/h10-12H,6-9,15H2,1-5H3,(H,16,18). The molecule has 3 N–H and O–H groups in total. The normalized spacial score (nSPS) is 27.2. The molecule has 1 saturated heterocycles. The van der Waals surface area contributed by atoms with E-state index in [0.29, 0.717) is 12.0 Å². The monoisotopic (exact) mass is 255 g/mol. The number of nitrogens with zero attached hydrogens (tertiary/aromatic N) is 1. The van der Waals surface area contributed by atoms with Crippen LogP contribution in [0.5, 0.6) is 0 Å². The second kappa shape index (κ2) is 6.02. The maximum absolute atomic E-state index is 12.3. The van der Waals surface area contributed by atoms with Gasteiger partial charge in [0, 0.05) is 18.1 Å². The SMILES string of the molecule is CCC(C)(C)NC(=O)C(C)N1CC(CN)CC1C. The Kier molecular flexibility index (Phi) is 5.17. The van der Waals surface area contributed by atoms with Gasteiger partial charge in [-0.1, -0.05) is 6.92 Å². The third-order valence-electron chi connectivity index (χ3n) is 4.27. The van der Waals surface area contributed by atoms with Gasteiger partial charge in [-0.3, -0.25) is 9.69 Å². The van der Waals surface area contributed by atoms with E-state index in [0.717, 1.165) is 25.9 Å². The lowest BCUT2D eigenvalue weighted by Crippen LogP contribution is -2.52. The molecule has 18 heavy (non-hydrogen) atoms. The van der Waals surface area contributed by atoms with Crippen molar-refractivity contribution in [1.82, 2.24) is 10.2 Å². The third-order valence-corrected chi connectivity index (χ3v) is 4.27. The first-order valence-corrected chi connectivity index (χ1v) is 7.08. The fourth-order valence-electron chi connectivity index (χ4n) is 2.56. The lowest BCUT2D eigenvalue weighted by Gasteiger charge is -2.32. The molecule has 106 valence electrons. The minimum absolute atomic E-state index is 0.0672. The van der Waals surface area contributed by atoms with Crippen LogP contribution in [0.2, 0.25) is 0 Å². The van der Waals surface area contributed by atoms with E-state index in [9.17, 15) is 4.79 Å². The highest BCUT2D eigenvalue weighted by molar-refractivity contribution is 5.82. The van der Waals surface area contributed by atoms with E-state index >= 15 is 0 Å². The van der Waals surface area contributed by atoms with Gasteiger partial charge in [-0.15, -0.1) is 0 Å². The molecule has 0 radical (unpaired) electrons. The first-order valence-electron chi connectivity index (χ1n) is 7.08. The van der Waals surface area contributed by atoms with Gasteiger partial charge in [-0.05, 0) is 53.0 Å². The van der Waals surface area contributed by atoms with Crippen LogP contribution in [0, 0.1) is 5.92 Å². The second-order valence-corrected chi connectivity index (χ2v) is 6.29. The van der Waals surface area contributed by atoms with Gasteiger partial charge in [0.2, 0.25) is 5.91 Å². The molecule has 3 unspecified atom stereocenters. The lowest BCUT2D eigenvalue weighted by molar-refractivity contribution is -0.127. The third kappa shape index (κ3) is 3.69. The summed E-state index contributed by atoms with van der Waals surface area (Å²) in [5.41, 5.74) is 5.61. The molecule has 4 nitrogen and oxygen atoms in total. The van der Waals surface area contributed by atoms with E-state index in [-0.39, 0.29) is 17.5 Å². The van der Waals surface area contributed by atoms with Gasteiger partial charge in [-0.2, -0.15) is 0 Å². The van der Waals surface area contributed by atoms with Crippen LogP contribution in [-0.4, -0.2) is 41.5 Å². The number of carbonyl (C=O) groups is 1. The topological polar surface area (TPSA) is 58.4 Å². The quantitative estimate of drug-likeness (QED) is 0.779. The van der Waals surface area contributed by atoms with E-state index in [1.807, 2.05) is 6.92 Å². The minimum Gasteiger partial charge on any atom is -0.350 e. The molecule has 0 aromatic heterocycles. The van der Waals surface area contributed by atoms with Crippen LogP contribution in [0.4, 0.5) is 0 Å². The Morgan fingerprint density at radius 2 is 2.17 bits per heavy atom. The van der Waals surface area contributed by atoms with Gasteiger partial charge < -0.3 is 11.1 Å². The maximum atomic E-state index is 12.3. The Morgan fingerprint density at radius 3 is 2.61 bits per heavy atom. The van der Waals surface area contributed by atoms with E-state index in [4.69, 9.17) is 5.73 Å². The largest absolute Gasteiger partial charge is 0.350 e. The zero-order chi connectivity index (χ0) is 13.9. The molecular weight excluding hydrogens is 226 g/mol. The molecule has 0 spiro atoms. The molecule has 0 saturated carbocycles. The number of nitrogens with one attached hydrogen (secondary N) is 1. The summed E-state index contributed by atoms with van der Waals surface area (Å²) in [7, 11) is 0. The second-order valence-electron chi connectivity index (χ2n) is 6.29. The van der Waals surface area contributed by atoms with Crippen molar-refractivity contribution in [2.24, 2.45) is 11.7 Å². The van der Waals surface area contributed by atoms with Crippen molar-refractivity contribution >= 4 is 5.91 Å². The molecule has 1 aliphatic heterocycles. The van der Waals surface area contributed by atoms with Gasteiger partial charge in [0.1, 0.15) is 0 Å². The first-order chi connectivity index (χ1) is 8.30. The van der Waals surface area contributed by atoms with Crippen molar-refractivity contribution in [2.75, 3.05) is 13.1 Å². The van der Waals surface area contributed by atoms with E-state index in [2.05, 4.69) is 37.9 Å². The smallest absolute Gasteiger partial charge is 0.237 e. The zero-order valence-corrected chi connectivity index (χ0v) is 12.5.